The maximum atomic E-state index is 13.1. The van der Waals surface area contributed by atoms with E-state index < -0.39 is 5.97 Å². The number of carbonyl (C=O) groups is 1. The molecular weight excluding hydrogens is 269 g/mol. The van der Waals surface area contributed by atoms with Gasteiger partial charge in [-0.2, -0.15) is 0 Å². The lowest BCUT2D eigenvalue weighted by molar-refractivity contribution is -0.137. The predicted octanol–water partition coefficient (Wildman–Crippen LogP) is 3.08. The van der Waals surface area contributed by atoms with Gasteiger partial charge in [-0.3, -0.25) is 9.69 Å². The third-order valence-corrected chi connectivity index (χ3v) is 3.17. The van der Waals surface area contributed by atoms with E-state index in [1.807, 2.05) is 6.07 Å². The Morgan fingerprint density at radius 1 is 1.42 bits per heavy atom. The number of halogens is 2. The zero-order valence-corrected chi connectivity index (χ0v) is 11.5. The number of carboxylic acids is 1. The van der Waals surface area contributed by atoms with E-state index in [0.717, 1.165) is 12.1 Å². The normalized spacial score (nSPS) is 14.2. The third kappa shape index (κ3) is 5.57. The van der Waals surface area contributed by atoms with Gasteiger partial charge in [-0.05, 0) is 43.5 Å². The molecule has 0 amide bonds. The molecule has 1 N–H and O–H groups in total. The third-order valence-electron chi connectivity index (χ3n) is 3.17. The molecule has 19 heavy (non-hydrogen) atoms. The number of nitrogens with zero attached hydrogens (tertiary/aromatic N) is 1. The Morgan fingerprint density at radius 2 is 2.16 bits per heavy atom. The molecule has 1 aliphatic rings. The molecule has 1 aromatic rings. The molecule has 0 atom stereocenters. The lowest BCUT2D eigenvalue weighted by atomic mass is 10.2. The lowest BCUT2D eigenvalue weighted by Gasteiger charge is -2.21. The summed E-state index contributed by atoms with van der Waals surface area (Å²) in [6.45, 7) is 1.48. The quantitative estimate of drug-likeness (QED) is 0.838. The highest BCUT2D eigenvalue weighted by molar-refractivity contribution is 5.85. The van der Waals surface area contributed by atoms with Crippen molar-refractivity contribution in [2.45, 2.75) is 38.3 Å². The lowest BCUT2D eigenvalue weighted by Crippen LogP contribution is -2.27. The van der Waals surface area contributed by atoms with E-state index in [1.165, 1.54) is 18.9 Å². The second-order valence-electron chi connectivity index (χ2n) is 4.83. The van der Waals surface area contributed by atoms with Crippen LogP contribution in [0.15, 0.2) is 24.3 Å². The Labute approximate surface area is 118 Å². The summed E-state index contributed by atoms with van der Waals surface area (Å²) in [6.07, 6.45) is 3.19. The number of carboxylic acid groups (broad SMARTS) is 1. The highest BCUT2D eigenvalue weighted by Crippen LogP contribution is 2.28. The summed E-state index contributed by atoms with van der Waals surface area (Å²) in [6, 6.07) is 7.17. The van der Waals surface area contributed by atoms with Gasteiger partial charge in [-0.15, -0.1) is 12.4 Å². The van der Waals surface area contributed by atoms with Gasteiger partial charge in [0.2, 0.25) is 0 Å². The Morgan fingerprint density at radius 3 is 2.74 bits per heavy atom. The van der Waals surface area contributed by atoms with Gasteiger partial charge < -0.3 is 5.11 Å². The summed E-state index contributed by atoms with van der Waals surface area (Å²) in [5.74, 6) is -0.967. The van der Waals surface area contributed by atoms with Crippen LogP contribution in [-0.4, -0.2) is 28.6 Å². The van der Waals surface area contributed by atoms with Crippen LogP contribution in [-0.2, 0) is 11.3 Å². The van der Waals surface area contributed by atoms with Crippen LogP contribution in [0.5, 0.6) is 0 Å². The standard InChI is InChI=1S/C14H18FNO2.ClH/c15-12-4-1-3-11(9-12)10-16(13-6-7-13)8-2-5-14(17)18;/h1,3-4,9,13H,2,5-8,10H2,(H,17,18);1H. The minimum Gasteiger partial charge on any atom is -0.481 e. The van der Waals surface area contributed by atoms with E-state index in [4.69, 9.17) is 5.11 Å². The first-order valence-corrected chi connectivity index (χ1v) is 6.35. The highest BCUT2D eigenvalue weighted by atomic mass is 35.5. The van der Waals surface area contributed by atoms with Gasteiger partial charge in [-0.25, -0.2) is 4.39 Å². The monoisotopic (exact) mass is 287 g/mol. The zero-order chi connectivity index (χ0) is 13.0. The Hall–Kier alpha value is -1.13. The van der Waals surface area contributed by atoms with Gasteiger partial charge in [0.25, 0.3) is 0 Å². The van der Waals surface area contributed by atoms with Crippen molar-refractivity contribution < 1.29 is 14.3 Å². The van der Waals surface area contributed by atoms with E-state index in [9.17, 15) is 9.18 Å². The summed E-state index contributed by atoms with van der Waals surface area (Å²) in [4.78, 5) is 12.8. The number of aliphatic carboxylic acids is 1. The molecule has 0 aliphatic heterocycles. The Kier molecular flexibility index (Phi) is 6.25. The molecule has 1 saturated carbocycles. The first-order chi connectivity index (χ1) is 8.65. The topological polar surface area (TPSA) is 40.5 Å². The molecular formula is C14H19ClFNO2. The van der Waals surface area contributed by atoms with E-state index in [2.05, 4.69) is 4.90 Å². The first kappa shape index (κ1) is 15.9. The summed E-state index contributed by atoms with van der Waals surface area (Å²) in [5.41, 5.74) is 0.956. The summed E-state index contributed by atoms with van der Waals surface area (Å²) < 4.78 is 13.1. The maximum absolute atomic E-state index is 13.1. The average Bonchev–Trinajstić information content (AvgIpc) is 3.11. The Bertz CT molecular complexity index is 424. The van der Waals surface area contributed by atoms with Crippen molar-refractivity contribution in [3.05, 3.63) is 35.6 Å². The molecule has 5 heteroatoms. The van der Waals surface area contributed by atoms with Crippen LogP contribution in [0.2, 0.25) is 0 Å². The SMILES string of the molecule is Cl.O=C(O)CCCN(Cc1cccc(F)c1)C1CC1. The van der Waals surface area contributed by atoms with E-state index >= 15 is 0 Å². The van der Waals surface area contributed by atoms with Crippen LogP contribution in [0.3, 0.4) is 0 Å². The smallest absolute Gasteiger partial charge is 0.303 e. The zero-order valence-electron chi connectivity index (χ0n) is 10.7. The van der Waals surface area contributed by atoms with Crippen LogP contribution in [0.1, 0.15) is 31.2 Å². The second kappa shape index (κ2) is 7.46. The Balaban J connectivity index is 0.00000180. The van der Waals surface area contributed by atoms with Gasteiger partial charge in [0.05, 0.1) is 0 Å². The van der Waals surface area contributed by atoms with E-state index in [0.29, 0.717) is 19.0 Å². The highest BCUT2D eigenvalue weighted by Gasteiger charge is 2.28. The number of benzene rings is 1. The van der Waals surface area contributed by atoms with Crippen molar-refractivity contribution in [3.63, 3.8) is 0 Å². The van der Waals surface area contributed by atoms with Crippen molar-refractivity contribution >= 4 is 18.4 Å². The largest absolute Gasteiger partial charge is 0.481 e. The minimum atomic E-state index is -0.753. The molecule has 106 valence electrons. The molecule has 0 unspecified atom stereocenters. The fourth-order valence-corrected chi connectivity index (χ4v) is 2.13. The molecule has 2 rings (SSSR count). The molecule has 0 radical (unpaired) electrons. The predicted molar refractivity (Wildman–Crippen MR) is 73.9 cm³/mol. The van der Waals surface area contributed by atoms with Crippen LogP contribution in [0.4, 0.5) is 4.39 Å². The molecule has 1 aliphatic carbocycles. The van der Waals surface area contributed by atoms with Crippen molar-refractivity contribution in [2.24, 2.45) is 0 Å². The fourth-order valence-electron chi connectivity index (χ4n) is 2.13. The molecule has 1 fully saturated rings. The first-order valence-electron chi connectivity index (χ1n) is 6.35. The molecule has 0 aromatic heterocycles. The van der Waals surface area contributed by atoms with Gasteiger partial charge in [0, 0.05) is 19.0 Å². The van der Waals surface area contributed by atoms with Crippen LogP contribution in [0.25, 0.3) is 0 Å². The minimum absolute atomic E-state index is 0. The summed E-state index contributed by atoms with van der Waals surface area (Å²) >= 11 is 0. The van der Waals surface area contributed by atoms with Crippen LogP contribution >= 0.6 is 12.4 Å². The number of hydrogen-bond acceptors (Lipinski definition) is 2. The van der Waals surface area contributed by atoms with Crippen molar-refractivity contribution in [2.75, 3.05) is 6.54 Å². The summed E-state index contributed by atoms with van der Waals surface area (Å²) in [5, 5.41) is 8.64. The number of rotatable bonds is 7. The van der Waals surface area contributed by atoms with Gasteiger partial charge >= 0.3 is 5.97 Å². The van der Waals surface area contributed by atoms with E-state index in [1.54, 1.807) is 12.1 Å². The molecule has 3 nitrogen and oxygen atoms in total. The molecule has 0 spiro atoms. The van der Waals surface area contributed by atoms with Crippen LogP contribution < -0.4 is 0 Å². The maximum Gasteiger partial charge on any atom is 0.303 e. The number of hydrogen-bond donors (Lipinski definition) is 1. The molecule has 1 aromatic carbocycles. The van der Waals surface area contributed by atoms with Crippen molar-refractivity contribution in [1.29, 1.82) is 0 Å². The van der Waals surface area contributed by atoms with E-state index in [-0.39, 0.29) is 24.6 Å². The second-order valence-corrected chi connectivity index (χ2v) is 4.83. The van der Waals surface area contributed by atoms with Gasteiger partial charge in [0.1, 0.15) is 5.82 Å². The average molecular weight is 288 g/mol. The van der Waals surface area contributed by atoms with Gasteiger partial charge in [-0.1, -0.05) is 12.1 Å². The van der Waals surface area contributed by atoms with Crippen molar-refractivity contribution in [3.8, 4) is 0 Å². The van der Waals surface area contributed by atoms with Crippen molar-refractivity contribution in [1.82, 2.24) is 4.90 Å². The fraction of sp³-hybridized carbons (Fsp3) is 0.500. The molecule has 0 heterocycles. The molecule has 0 bridgehead atoms. The van der Waals surface area contributed by atoms with Crippen LogP contribution in [0, 0.1) is 5.82 Å². The van der Waals surface area contributed by atoms with Gasteiger partial charge in [0.15, 0.2) is 0 Å². The summed E-state index contributed by atoms with van der Waals surface area (Å²) in [7, 11) is 0. The molecule has 0 saturated heterocycles.